The van der Waals surface area contributed by atoms with Crippen LogP contribution < -0.4 is 10.9 Å². The molecule has 0 saturated heterocycles. The van der Waals surface area contributed by atoms with Crippen molar-refractivity contribution in [3.63, 3.8) is 0 Å². The van der Waals surface area contributed by atoms with Crippen LogP contribution in [0.5, 0.6) is 0 Å². The number of amides is 1. The Balaban J connectivity index is 1.74. The number of rotatable bonds is 6. The van der Waals surface area contributed by atoms with Crippen LogP contribution in [0.4, 0.5) is 11.4 Å². The molecule has 4 rings (SSSR count). The number of non-ortho nitro benzene ring substituents is 1. The highest BCUT2D eigenvalue weighted by Gasteiger charge is 2.20. The van der Waals surface area contributed by atoms with Crippen molar-refractivity contribution in [3.05, 3.63) is 122 Å². The van der Waals surface area contributed by atoms with Crippen LogP contribution in [0.1, 0.15) is 16.8 Å². The second kappa shape index (κ2) is 9.41. The number of hydrogen-bond donors (Lipinski definition) is 1. The number of anilines is 1. The molecule has 8 heteroatoms. The first-order valence-electron chi connectivity index (χ1n) is 10.5. The van der Waals surface area contributed by atoms with E-state index in [0.717, 1.165) is 0 Å². The molecule has 4 aromatic rings. The molecule has 0 saturated carbocycles. The van der Waals surface area contributed by atoms with Gasteiger partial charge in [-0.05, 0) is 48.4 Å². The first kappa shape index (κ1) is 22.5. The molecule has 1 amide bonds. The van der Waals surface area contributed by atoms with Crippen molar-refractivity contribution in [2.45, 2.75) is 6.92 Å². The third-order valence-corrected chi connectivity index (χ3v) is 5.54. The summed E-state index contributed by atoms with van der Waals surface area (Å²) in [4.78, 5) is 37.1. The van der Waals surface area contributed by atoms with E-state index in [-0.39, 0.29) is 16.9 Å². The summed E-state index contributed by atoms with van der Waals surface area (Å²) in [5, 5.41) is 13.7. The van der Waals surface area contributed by atoms with Gasteiger partial charge in [-0.15, -0.1) is 0 Å². The monoisotopic (exact) mass is 454 g/mol. The van der Waals surface area contributed by atoms with Gasteiger partial charge < -0.3 is 5.32 Å². The zero-order valence-corrected chi connectivity index (χ0v) is 18.6. The van der Waals surface area contributed by atoms with Crippen LogP contribution in [0.2, 0.25) is 0 Å². The summed E-state index contributed by atoms with van der Waals surface area (Å²) in [7, 11) is 1.75. The fourth-order valence-corrected chi connectivity index (χ4v) is 3.65. The minimum absolute atomic E-state index is 0.0377. The van der Waals surface area contributed by atoms with E-state index in [2.05, 4.69) is 5.32 Å². The minimum atomic E-state index is -0.478. The lowest BCUT2D eigenvalue weighted by Gasteiger charge is -2.09. The Labute approximate surface area is 195 Å². The van der Waals surface area contributed by atoms with Crippen molar-refractivity contribution >= 4 is 28.9 Å². The average molecular weight is 454 g/mol. The van der Waals surface area contributed by atoms with Gasteiger partial charge in [-0.1, -0.05) is 48.5 Å². The molecule has 0 unspecified atom stereocenters. The second-order valence-electron chi connectivity index (χ2n) is 7.66. The summed E-state index contributed by atoms with van der Waals surface area (Å²) in [6, 6.07) is 24.1. The maximum atomic E-state index is 13.4. The largest absolute Gasteiger partial charge is 0.316 e. The van der Waals surface area contributed by atoms with E-state index >= 15 is 0 Å². The van der Waals surface area contributed by atoms with E-state index in [4.69, 9.17) is 0 Å². The van der Waals surface area contributed by atoms with Crippen LogP contribution in [0, 0.1) is 17.0 Å². The van der Waals surface area contributed by atoms with E-state index in [1.807, 2.05) is 48.5 Å². The predicted molar refractivity (Wildman–Crippen MR) is 132 cm³/mol. The van der Waals surface area contributed by atoms with Gasteiger partial charge in [-0.2, -0.15) is 0 Å². The number of carbonyl (C=O) groups excluding carboxylic acids is 1. The Kier molecular flexibility index (Phi) is 6.22. The predicted octanol–water partition coefficient (Wildman–Crippen LogP) is 4.57. The lowest BCUT2D eigenvalue weighted by molar-refractivity contribution is -0.384. The number of benzene rings is 3. The number of nitro benzene ring substituents is 1. The topological polar surface area (TPSA) is 99.2 Å². The summed E-state index contributed by atoms with van der Waals surface area (Å²) >= 11 is 0. The number of nitrogens with zero attached hydrogens (tertiary/aromatic N) is 3. The van der Waals surface area contributed by atoms with Gasteiger partial charge in [0, 0.05) is 24.8 Å². The summed E-state index contributed by atoms with van der Waals surface area (Å²) in [5.74, 6) is -0.462. The maximum Gasteiger partial charge on any atom is 0.295 e. The van der Waals surface area contributed by atoms with E-state index in [9.17, 15) is 19.7 Å². The standard InChI is InChI=1S/C26H22N4O4/c1-18-24(26(32)29(28(18)2)21-11-7-4-8-12-21)27-25(31)23(20-9-5-3-6-10-20)17-19-13-15-22(16-14-19)30(33)34/h3-17H,1-2H3,(H,27,31)/b23-17+. The zero-order valence-electron chi connectivity index (χ0n) is 18.6. The Hall–Kier alpha value is -4.72. The highest BCUT2D eigenvalue weighted by Crippen LogP contribution is 2.23. The van der Waals surface area contributed by atoms with Crippen molar-refractivity contribution in [1.82, 2.24) is 9.36 Å². The van der Waals surface area contributed by atoms with Gasteiger partial charge >= 0.3 is 0 Å². The van der Waals surface area contributed by atoms with Crippen molar-refractivity contribution in [2.75, 3.05) is 5.32 Å². The summed E-state index contributed by atoms with van der Waals surface area (Å²) < 4.78 is 3.18. The molecule has 34 heavy (non-hydrogen) atoms. The molecule has 0 fully saturated rings. The Morgan fingerprint density at radius 2 is 1.53 bits per heavy atom. The van der Waals surface area contributed by atoms with Gasteiger partial charge in [-0.25, -0.2) is 4.68 Å². The summed E-state index contributed by atoms with van der Waals surface area (Å²) in [6.45, 7) is 1.76. The lowest BCUT2D eigenvalue weighted by atomic mass is 10.0. The van der Waals surface area contributed by atoms with Crippen LogP contribution in [0.3, 0.4) is 0 Å². The molecule has 0 radical (unpaired) electrons. The molecule has 1 aromatic heterocycles. The first-order valence-corrected chi connectivity index (χ1v) is 10.5. The number of carbonyl (C=O) groups is 1. The second-order valence-corrected chi connectivity index (χ2v) is 7.66. The first-order chi connectivity index (χ1) is 16.4. The lowest BCUT2D eigenvalue weighted by Crippen LogP contribution is -2.23. The fraction of sp³-hybridized carbons (Fsp3) is 0.0769. The van der Waals surface area contributed by atoms with Gasteiger partial charge in [0.05, 0.1) is 16.3 Å². The molecule has 170 valence electrons. The Bertz CT molecular complexity index is 1430. The van der Waals surface area contributed by atoms with Crippen LogP contribution >= 0.6 is 0 Å². The van der Waals surface area contributed by atoms with Gasteiger partial charge in [0.25, 0.3) is 17.2 Å². The van der Waals surface area contributed by atoms with E-state index in [0.29, 0.717) is 28.1 Å². The highest BCUT2D eigenvalue weighted by atomic mass is 16.6. The third kappa shape index (κ3) is 4.42. The molecule has 3 aromatic carbocycles. The van der Waals surface area contributed by atoms with Gasteiger partial charge in [-0.3, -0.25) is 24.4 Å². The van der Waals surface area contributed by atoms with Crippen LogP contribution in [0.15, 0.2) is 89.7 Å². The molecule has 0 spiro atoms. The summed E-state index contributed by atoms with van der Waals surface area (Å²) in [6.07, 6.45) is 1.64. The SMILES string of the molecule is Cc1c(NC(=O)/C(=C/c2ccc([N+](=O)[O-])cc2)c2ccccc2)c(=O)n(-c2ccccc2)n1C. The molecule has 0 aliphatic heterocycles. The fourth-order valence-electron chi connectivity index (χ4n) is 3.65. The molecule has 0 aliphatic carbocycles. The smallest absolute Gasteiger partial charge is 0.295 e. The number of nitro groups is 1. The van der Waals surface area contributed by atoms with Crippen molar-refractivity contribution < 1.29 is 9.72 Å². The van der Waals surface area contributed by atoms with Crippen molar-refractivity contribution in [3.8, 4) is 5.69 Å². The van der Waals surface area contributed by atoms with Crippen LogP contribution in [-0.4, -0.2) is 20.2 Å². The molecule has 1 heterocycles. The molecule has 1 N–H and O–H groups in total. The van der Waals surface area contributed by atoms with E-state index < -0.39 is 10.8 Å². The number of hydrogen-bond acceptors (Lipinski definition) is 4. The highest BCUT2D eigenvalue weighted by molar-refractivity contribution is 6.29. The molecule has 8 nitrogen and oxygen atoms in total. The Morgan fingerprint density at radius 3 is 2.12 bits per heavy atom. The zero-order chi connectivity index (χ0) is 24.2. The van der Waals surface area contributed by atoms with Crippen molar-refractivity contribution in [2.24, 2.45) is 7.05 Å². The molecule has 0 aliphatic rings. The van der Waals surface area contributed by atoms with E-state index in [1.165, 1.54) is 16.8 Å². The summed E-state index contributed by atoms with van der Waals surface area (Å²) in [5.41, 5.74) is 2.67. The number of para-hydroxylation sites is 1. The molecular weight excluding hydrogens is 432 g/mol. The third-order valence-electron chi connectivity index (χ3n) is 5.54. The van der Waals surface area contributed by atoms with Gasteiger partial charge in [0.15, 0.2) is 0 Å². The minimum Gasteiger partial charge on any atom is -0.316 e. The van der Waals surface area contributed by atoms with E-state index in [1.54, 1.807) is 49.0 Å². The van der Waals surface area contributed by atoms with Crippen LogP contribution in [0.25, 0.3) is 17.3 Å². The molecule has 0 atom stereocenters. The number of aromatic nitrogens is 2. The molecular formula is C26H22N4O4. The van der Waals surface area contributed by atoms with Crippen molar-refractivity contribution in [1.29, 1.82) is 0 Å². The normalized spacial score (nSPS) is 11.3. The average Bonchev–Trinajstić information content (AvgIpc) is 3.06. The van der Waals surface area contributed by atoms with Gasteiger partial charge in [0.2, 0.25) is 0 Å². The maximum absolute atomic E-state index is 13.4. The Morgan fingerprint density at radius 1 is 0.941 bits per heavy atom. The quantitative estimate of drug-likeness (QED) is 0.200. The van der Waals surface area contributed by atoms with Crippen LogP contribution in [-0.2, 0) is 11.8 Å². The molecule has 0 bridgehead atoms. The number of nitrogens with one attached hydrogen (secondary N) is 1. The van der Waals surface area contributed by atoms with Gasteiger partial charge in [0.1, 0.15) is 5.69 Å².